The van der Waals surface area contributed by atoms with Gasteiger partial charge in [0, 0.05) is 64.4 Å². The zero-order valence-electron chi connectivity index (χ0n) is 22.3. The molecule has 0 amide bonds. The van der Waals surface area contributed by atoms with E-state index >= 15 is 0 Å². The van der Waals surface area contributed by atoms with Gasteiger partial charge in [-0.15, -0.1) is 0 Å². The fourth-order valence-corrected chi connectivity index (χ4v) is 5.94. The van der Waals surface area contributed by atoms with E-state index in [1.54, 1.807) is 24.3 Å². The lowest BCUT2D eigenvalue weighted by Crippen LogP contribution is -2.64. The molecule has 0 spiro atoms. The first-order valence-corrected chi connectivity index (χ1v) is 13.5. The predicted octanol–water partition coefficient (Wildman–Crippen LogP) is 1.97. The topological polar surface area (TPSA) is 70.5 Å². The van der Waals surface area contributed by atoms with Crippen LogP contribution in [0.5, 0.6) is 0 Å². The van der Waals surface area contributed by atoms with E-state index in [9.17, 15) is 23.8 Å². The Bertz CT molecular complexity index is 958. The van der Waals surface area contributed by atoms with Crippen molar-refractivity contribution in [3.8, 4) is 0 Å². The van der Waals surface area contributed by atoms with E-state index < -0.39 is 12.1 Å². The molecule has 4 rings (SSSR count). The van der Waals surface area contributed by atoms with Gasteiger partial charge in [-0.05, 0) is 49.2 Å². The molecule has 2 aromatic rings. The maximum Gasteiger partial charge on any atom is 0.171 e. The number of hydrogen-bond donors (Lipinski definition) is 2. The smallest absolute Gasteiger partial charge is 0.171 e. The van der Waals surface area contributed by atoms with Gasteiger partial charge in [-0.2, -0.15) is 0 Å². The molecular formula is C29H40F2N4O3. The van der Waals surface area contributed by atoms with Gasteiger partial charge in [0.05, 0.1) is 25.3 Å². The van der Waals surface area contributed by atoms with Crippen molar-refractivity contribution in [1.82, 2.24) is 19.6 Å². The Labute approximate surface area is 224 Å². The number of halogens is 2. The quantitative estimate of drug-likeness (QED) is 0.487. The van der Waals surface area contributed by atoms with Gasteiger partial charge in [0.2, 0.25) is 0 Å². The number of carbonyl (C=O) groups is 1. The van der Waals surface area contributed by atoms with E-state index in [0.29, 0.717) is 26.2 Å². The van der Waals surface area contributed by atoms with Crippen molar-refractivity contribution in [2.75, 3.05) is 52.5 Å². The fourth-order valence-electron chi connectivity index (χ4n) is 5.94. The third kappa shape index (κ3) is 7.02. The van der Waals surface area contributed by atoms with E-state index in [-0.39, 0.29) is 42.7 Å². The van der Waals surface area contributed by atoms with E-state index in [4.69, 9.17) is 0 Å². The van der Waals surface area contributed by atoms with Crippen molar-refractivity contribution in [3.63, 3.8) is 0 Å². The van der Waals surface area contributed by atoms with E-state index in [0.717, 1.165) is 37.3 Å². The molecule has 0 saturated carbocycles. The second kappa shape index (κ2) is 13.2. The minimum Gasteiger partial charge on any atom is -0.394 e. The van der Waals surface area contributed by atoms with Crippen LogP contribution >= 0.6 is 0 Å². The molecule has 208 valence electrons. The molecule has 4 atom stereocenters. The summed E-state index contributed by atoms with van der Waals surface area (Å²) in [6.07, 6.45) is 0. The Hall–Kier alpha value is -2.27. The molecule has 9 heteroatoms. The maximum absolute atomic E-state index is 13.7. The van der Waals surface area contributed by atoms with Crippen LogP contribution in [-0.4, -0.2) is 112 Å². The first-order valence-electron chi connectivity index (χ1n) is 13.5. The average molecular weight is 531 g/mol. The Morgan fingerprint density at radius 1 is 0.737 bits per heavy atom. The third-order valence-corrected chi connectivity index (χ3v) is 7.97. The third-order valence-electron chi connectivity index (χ3n) is 7.97. The molecule has 2 unspecified atom stereocenters. The van der Waals surface area contributed by atoms with Gasteiger partial charge in [-0.1, -0.05) is 24.3 Å². The lowest BCUT2D eigenvalue weighted by Gasteiger charge is -2.46. The van der Waals surface area contributed by atoms with Gasteiger partial charge in [0.1, 0.15) is 11.6 Å². The number of hydrogen-bond acceptors (Lipinski definition) is 7. The minimum atomic E-state index is -0.681. The number of rotatable bonds is 10. The van der Waals surface area contributed by atoms with Gasteiger partial charge >= 0.3 is 0 Å². The normalized spacial score (nSPS) is 23.8. The number of aliphatic hydroxyl groups is 2. The largest absolute Gasteiger partial charge is 0.394 e. The molecule has 0 radical (unpaired) electrons. The van der Waals surface area contributed by atoms with Crippen molar-refractivity contribution < 1.29 is 23.8 Å². The van der Waals surface area contributed by atoms with E-state index in [1.165, 1.54) is 24.3 Å². The number of benzene rings is 2. The predicted molar refractivity (Wildman–Crippen MR) is 142 cm³/mol. The summed E-state index contributed by atoms with van der Waals surface area (Å²) in [6.45, 7) is 9.08. The van der Waals surface area contributed by atoms with Crippen LogP contribution in [0.4, 0.5) is 8.78 Å². The number of Topliss-reactive ketones (excluding diaryl/α,β-unsaturated/α-hetero) is 1. The second-order valence-corrected chi connectivity index (χ2v) is 10.7. The first-order chi connectivity index (χ1) is 18.3. The SMILES string of the molecule is C[C@@H]1CN(Cc2ccc(F)cc2)CCN1C(CO)C(=O)C(CO)N1CCN(Cc2ccc(F)cc2)C[C@H]1C. The van der Waals surface area contributed by atoms with Gasteiger partial charge < -0.3 is 10.2 Å². The van der Waals surface area contributed by atoms with E-state index in [2.05, 4.69) is 33.4 Å². The molecular weight excluding hydrogens is 490 g/mol. The van der Waals surface area contributed by atoms with Crippen LogP contribution < -0.4 is 0 Å². The Kier molecular flexibility index (Phi) is 9.97. The number of aliphatic hydroxyl groups excluding tert-OH is 2. The molecule has 2 aliphatic rings. The first kappa shape index (κ1) is 28.7. The molecule has 0 aliphatic carbocycles. The Balaban J connectivity index is 1.34. The number of nitrogens with zero attached hydrogens (tertiary/aromatic N) is 4. The van der Waals surface area contributed by atoms with E-state index in [1.807, 2.05) is 0 Å². The summed E-state index contributed by atoms with van der Waals surface area (Å²) in [5.74, 6) is -0.649. The van der Waals surface area contributed by atoms with Crippen molar-refractivity contribution in [3.05, 3.63) is 71.3 Å². The monoisotopic (exact) mass is 530 g/mol. The summed E-state index contributed by atoms with van der Waals surface area (Å²) in [5, 5.41) is 20.6. The molecule has 2 N–H and O–H groups in total. The molecule has 0 bridgehead atoms. The molecule has 7 nitrogen and oxygen atoms in total. The molecule has 2 aromatic carbocycles. The van der Waals surface area contributed by atoms with Crippen LogP contribution in [0.2, 0.25) is 0 Å². The summed E-state index contributed by atoms with van der Waals surface area (Å²) >= 11 is 0. The second-order valence-electron chi connectivity index (χ2n) is 10.7. The minimum absolute atomic E-state index is 0.0367. The van der Waals surface area contributed by atoms with Gasteiger partial charge in [0.15, 0.2) is 5.78 Å². The molecule has 2 fully saturated rings. The van der Waals surface area contributed by atoms with Gasteiger partial charge in [-0.25, -0.2) is 8.78 Å². The van der Waals surface area contributed by atoms with Gasteiger partial charge in [0.25, 0.3) is 0 Å². The molecule has 0 aromatic heterocycles. The Morgan fingerprint density at radius 2 is 1.11 bits per heavy atom. The van der Waals surface area contributed by atoms with Crippen LogP contribution in [0.1, 0.15) is 25.0 Å². The zero-order chi connectivity index (χ0) is 27.2. The number of carbonyl (C=O) groups excluding carboxylic acids is 1. The van der Waals surface area contributed by atoms with Crippen LogP contribution in [-0.2, 0) is 17.9 Å². The lowest BCUT2D eigenvalue weighted by atomic mass is 9.98. The van der Waals surface area contributed by atoms with Crippen LogP contribution in [0, 0.1) is 11.6 Å². The van der Waals surface area contributed by atoms with Crippen molar-refractivity contribution >= 4 is 5.78 Å². The van der Waals surface area contributed by atoms with Crippen molar-refractivity contribution in [2.45, 2.75) is 51.1 Å². The highest BCUT2D eigenvalue weighted by Gasteiger charge is 2.40. The average Bonchev–Trinajstić information content (AvgIpc) is 2.90. The molecule has 2 saturated heterocycles. The van der Waals surface area contributed by atoms with Gasteiger partial charge in [-0.3, -0.25) is 24.4 Å². The van der Waals surface area contributed by atoms with Crippen molar-refractivity contribution in [2.24, 2.45) is 0 Å². The maximum atomic E-state index is 13.7. The lowest BCUT2D eigenvalue weighted by molar-refractivity contribution is -0.137. The van der Waals surface area contributed by atoms with Crippen molar-refractivity contribution in [1.29, 1.82) is 0 Å². The van der Waals surface area contributed by atoms with Crippen LogP contribution in [0.3, 0.4) is 0 Å². The summed E-state index contributed by atoms with van der Waals surface area (Å²) in [5.41, 5.74) is 2.07. The summed E-state index contributed by atoms with van der Waals surface area (Å²) < 4.78 is 26.5. The Morgan fingerprint density at radius 3 is 1.42 bits per heavy atom. The standard InChI is InChI=1S/C29H40F2N4O3/c1-21-15-32(17-23-3-7-25(30)8-4-23)11-13-34(21)27(19-36)29(38)28(20-37)35-14-12-33(16-22(35)2)18-24-5-9-26(31)10-6-24/h3-10,21-22,27-28,36-37H,11-20H2,1-2H3/t21-,22-,27?,28?/m1/s1. The highest BCUT2D eigenvalue weighted by molar-refractivity contribution is 5.89. The number of piperazine rings is 2. The zero-order valence-corrected chi connectivity index (χ0v) is 22.3. The molecule has 38 heavy (non-hydrogen) atoms. The summed E-state index contributed by atoms with van der Waals surface area (Å²) in [6, 6.07) is 11.7. The van der Waals surface area contributed by atoms with Crippen LogP contribution in [0.15, 0.2) is 48.5 Å². The highest BCUT2D eigenvalue weighted by Crippen LogP contribution is 2.21. The number of ketones is 1. The highest BCUT2D eigenvalue weighted by atomic mass is 19.1. The molecule has 2 heterocycles. The van der Waals surface area contributed by atoms with Crippen LogP contribution in [0.25, 0.3) is 0 Å². The molecule has 2 aliphatic heterocycles. The summed E-state index contributed by atoms with van der Waals surface area (Å²) in [7, 11) is 0. The fraction of sp³-hybridized carbons (Fsp3) is 0.552. The summed E-state index contributed by atoms with van der Waals surface area (Å²) in [4.78, 5) is 22.4.